The van der Waals surface area contributed by atoms with Crippen molar-refractivity contribution in [2.75, 3.05) is 5.32 Å². The third-order valence-corrected chi connectivity index (χ3v) is 5.36. The van der Waals surface area contributed by atoms with Crippen LogP contribution in [0.1, 0.15) is 22.3 Å². The molecule has 2 nitrogen and oxygen atoms in total. The lowest BCUT2D eigenvalue weighted by molar-refractivity contribution is 0.303. The molecule has 3 aromatic rings. The van der Waals surface area contributed by atoms with E-state index in [-0.39, 0.29) is 0 Å². The molecule has 0 unspecified atom stereocenters. The van der Waals surface area contributed by atoms with Crippen LogP contribution in [0.3, 0.4) is 0 Å². The molecule has 0 aromatic heterocycles. The van der Waals surface area contributed by atoms with Crippen LogP contribution in [-0.2, 0) is 13.2 Å². The average Bonchev–Trinajstić information content (AvgIpc) is 2.64. The Labute approximate surface area is 175 Å². The van der Waals surface area contributed by atoms with Crippen molar-refractivity contribution in [1.29, 1.82) is 0 Å². The topological polar surface area (TPSA) is 21.3 Å². The van der Waals surface area contributed by atoms with Crippen LogP contribution < -0.4 is 10.1 Å². The van der Waals surface area contributed by atoms with E-state index in [0.717, 1.165) is 22.6 Å². The highest BCUT2D eigenvalue weighted by Gasteiger charge is 2.07. The second kappa shape index (κ2) is 8.88. The van der Waals surface area contributed by atoms with Crippen LogP contribution in [0.4, 0.5) is 5.69 Å². The van der Waals surface area contributed by atoms with Crippen LogP contribution >= 0.6 is 34.8 Å². The lowest BCUT2D eigenvalue weighted by Crippen LogP contribution is -2.04. The highest BCUT2D eigenvalue weighted by Crippen LogP contribution is 2.27. The Kier molecular flexibility index (Phi) is 6.54. The maximum Gasteiger partial charge on any atom is 0.124 e. The molecule has 0 spiro atoms. The number of rotatable bonds is 6. The Balaban J connectivity index is 1.72. The first-order chi connectivity index (χ1) is 12.9. The van der Waals surface area contributed by atoms with Crippen molar-refractivity contribution in [3.05, 3.63) is 91.9 Å². The highest BCUT2D eigenvalue weighted by atomic mass is 35.5. The number of hydrogen-bond donors (Lipinski definition) is 1. The first-order valence-corrected chi connectivity index (χ1v) is 9.72. The lowest BCUT2D eigenvalue weighted by Gasteiger charge is -2.14. The number of benzene rings is 3. The largest absolute Gasteiger partial charge is 0.489 e. The highest BCUT2D eigenvalue weighted by molar-refractivity contribution is 6.42. The summed E-state index contributed by atoms with van der Waals surface area (Å²) in [6, 6.07) is 17.4. The zero-order valence-corrected chi connectivity index (χ0v) is 17.4. The minimum atomic E-state index is 0.398. The molecule has 0 saturated carbocycles. The Morgan fingerprint density at radius 3 is 2.37 bits per heavy atom. The molecule has 3 aromatic carbocycles. The van der Waals surface area contributed by atoms with Gasteiger partial charge in [-0.15, -0.1) is 0 Å². The summed E-state index contributed by atoms with van der Waals surface area (Å²) in [5.41, 5.74) is 5.53. The Morgan fingerprint density at radius 1 is 0.815 bits per heavy atom. The normalized spacial score (nSPS) is 10.7. The zero-order chi connectivity index (χ0) is 19.4. The molecule has 1 N–H and O–H groups in total. The fraction of sp³-hybridized carbons (Fsp3) is 0.182. The van der Waals surface area contributed by atoms with Crippen LogP contribution in [0.15, 0.2) is 54.6 Å². The summed E-state index contributed by atoms with van der Waals surface area (Å²) in [4.78, 5) is 0. The quantitative estimate of drug-likeness (QED) is 0.447. The Hall–Kier alpha value is -1.87. The van der Waals surface area contributed by atoms with E-state index in [1.807, 2.05) is 30.3 Å². The van der Waals surface area contributed by atoms with Crippen LogP contribution in [0.25, 0.3) is 0 Å². The molecule has 0 saturated heterocycles. The molecule has 3 rings (SSSR count). The lowest BCUT2D eigenvalue weighted by atomic mass is 10.1. The van der Waals surface area contributed by atoms with Gasteiger partial charge in [0.05, 0.1) is 10.0 Å². The van der Waals surface area contributed by atoms with Crippen LogP contribution in [0.2, 0.25) is 15.1 Å². The van der Waals surface area contributed by atoms with E-state index >= 15 is 0 Å². The van der Waals surface area contributed by atoms with E-state index in [1.165, 1.54) is 11.1 Å². The first kappa shape index (κ1) is 19.9. The molecule has 5 heteroatoms. The average molecular weight is 421 g/mol. The van der Waals surface area contributed by atoms with Gasteiger partial charge in [-0.3, -0.25) is 0 Å². The van der Waals surface area contributed by atoms with Gasteiger partial charge in [-0.05, 0) is 73.0 Å². The SMILES string of the molecule is Cc1ccc(NCc2cc(Cl)ccc2OCc2ccc(Cl)c(Cl)c2)cc1C. The van der Waals surface area contributed by atoms with Crippen molar-refractivity contribution in [2.45, 2.75) is 27.0 Å². The van der Waals surface area contributed by atoms with Crippen LogP contribution in [0.5, 0.6) is 5.75 Å². The van der Waals surface area contributed by atoms with Gasteiger partial charge in [0.15, 0.2) is 0 Å². The second-order valence-electron chi connectivity index (χ2n) is 6.44. The molecular weight excluding hydrogens is 401 g/mol. The smallest absolute Gasteiger partial charge is 0.124 e. The second-order valence-corrected chi connectivity index (χ2v) is 7.69. The summed E-state index contributed by atoms with van der Waals surface area (Å²) < 4.78 is 6.00. The minimum Gasteiger partial charge on any atom is -0.489 e. The van der Waals surface area contributed by atoms with E-state index in [2.05, 4.69) is 37.4 Å². The number of nitrogens with one attached hydrogen (secondary N) is 1. The van der Waals surface area contributed by atoms with Crippen molar-refractivity contribution in [1.82, 2.24) is 0 Å². The summed E-state index contributed by atoms with van der Waals surface area (Å²) in [5.74, 6) is 0.779. The number of ether oxygens (including phenoxy) is 1. The molecule has 0 aliphatic carbocycles. The van der Waals surface area contributed by atoms with Crippen molar-refractivity contribution < 1.29 is 4.74 Å². The Morgan fingerprint density at radius 2 is 1.63 bits per heavy atom. The molecule has 0 atom stereocenters. The molecule has 0 radical (unpaired) electrons. The summed E-state index contributed by atoms with van der Waals surface area (Å²) >= 11 is 18.2. The van der Waals surface area contributed by atoms with Gasteiger partial charge in [-0.1, -0.05) is 46.9 Å². The van der Waals surface area contributed by atoms with Gasteiger partial charge in [-0.25, -0.2) is 0 Å². The van der Waals surface area contributed by atoms with Crippen molar-refractivity contribution in [2.24, 2.45) is 0 Å². The van der Waals surface area contributed by atoms with Crippen molar-refractivity contribution in [3.63, 3.8) is 0 Å². The number of aryl methyl sites for hydroxylation is 2. The first-order valence-electron chi connectivity index (χ1n) is 8.58. The minimum absolute atomic E-state index is 0.398. The summed E-state index contributed by atoms with van der Waals surface area (Å²) in [5, 5.41) is 5.16. The molecule has 0 bridgehead atoms. The molecule has 0 aliphatic heterocycles. The standard InChI is InChI=1S/C22H20Cl3NO/c1-14-3-6-19(9-15(14)2)26-12-17-11-18(23)5-8-22(17)27-13-16-4-7-20(24)21(25)10-16/h3-11,26H,12-13H2,1-2H3. The van der Waals surface area contributed by atoms with Crippen LogP contribution in [-0.4, -0.2) is 0 Å². The van der Waals surface area contributed by atoms with Crippen molar-refractivity contribution in [3.8, 4) is 5.75 Å². The molecule has 0 aliphatic rings. The third kappa shape index (κ3) is 5.32. The summed E-state index contributed by atoms with van der Waals surface area (Å²) in [6.07, 6.45) is 0. The maximum atomic E-state index is 6.18. The summed E-state index contributed by atoms with van der Waals surface area (Å²) in [6.45, 7) is 5.21. The van der Waals surface area contributed by atoms with E-state index < -0.39 is 0 Å². The molecular formula is C22H20Cl3NO. The van der Waals surface area contributed by atoms with E-state index in [0.29, 0.717) is 28.2 Å². The monoisotopic (exact) mass is 419 g/mol. The van der Waals surface area contributed by atoms with Gasteiger partial charge in [0.25, 0.3) is 0 Å². The predicted molar refractivity (Wildman–Crippen MR) is 115 cm³/mol. The van der Waals surface area contributed by atoms with Crippen LogP contribution in [0, 0.1) is 13.8 Å². The molecule has 0 amide bonds. The van der Waals surface area contributed by atoms with E-state index in [9.17, 15) is 0 Å². The molecule has 27 heavy (non-hydrogen) atoms. The van der Waals surface area contributed by atoms with Gasteiger partial charge in [-0.2, -0.15) is 0 Å². The fourth-order valence-electron chi connectivity index (χ4n) is 2.67. The van der Waals surface area contributed by atoms with Gasteiger partial charge >= 0.3 is 0 Å². The molecule has 0 heterocycles. The van der Waals surface area contributed by atoms with Gasteiger partial charge in [0, 0.05) is 22.8 Å². The van der Waals surface area contributed by atoms with Crippen molar-refractivity contribution >= 4 is 40.5 Å². The van der Waals surface area contributed by atoms with E-state index in [4.69, 9.17) is 39.5 Å². The number of anilines is 1. The van der Waals surface area contributed by atoms with Gasteiger partial charge < -0.3 is 10.1 Å². The van der Waals surface area contributed by atoms with E-state index in [1.54, 1.807) is 6.07 Å². The van der Waals surface area contributed by atoms with Gasteiger partial charge in [0.2, 0.25) is 0 Å². The van der Waals surface area contributed by atoms with Gasteiger partial charge in [0.1, 0.15) is 12.4 Å². The number of hydrogen-bond acceptors (Lipinski definition) is 2. The maximum absolute atomic E-state index is 6.18. The Bertz CT molecular complexity index is 956. The number of halogens is 3. The third-order valence-electron chi connectivity index (χ3n) is 4.39. The molecule has 140 valence electrons. The fourth-order valence-corrected chi connectivity index (χ4v) is 3.18. The zero-order valence-electron chi connectivity index (χ0n) is 15.2. The predicted octanol–water partition coefficient (Wildman–Crippen LogP) is 7.45. The molecule has 0 fully saturated rings. The summed E-state index contributed by atoms with van der Waals surface area (Å²) in [7, 11) is 0.